The number of hydrogen-bond acceptors (Lipinski definition) is 6. The number of hydrazone groups is 1. The summed E-state index contributed by atoms with van der Waals surface area (Å²) in [4.78, 5) is 35.8. The lowest BCUT2D eigenvalue weighted by Gasteiger charge is -2.07. The molecule has 0 aliphatic carbocycles. The maximum absolute atomic E-state index is 12.0. The molecule has 164 valence electrons. The van der Waals surface area contributed by atoms with E-state index < -0.39 is 11.8 Å². The van der Waals surface area contributed by atoms with E-state index in [1.165, 1.54) is 7.11 Å². The number of nitrogens with one attached hydrogen (secondary N) is 3. The molecule has 0 unspecified atom stereocenters. The Labute approximate surface area is 180 Å². The normalized spacial score (nSPS) is 10.7. The summed E-state index contributed by atoms with van der Waals surface area (Å²) < 4.78 is 10.2. The molecule has 0 aromatic heterocycles. The Kier molecular flexibility index (Phi) is 9.03. The van der Waals surface area contributed by atoms with Crippen molar-refractivity contribution in [1.29, 1.82) is 0 Å². The molecule has 2 aromatic carbocycles. The SMILES string of the molecule is COc1ccc(CCNC(=O)CC(C)=NNC(=O)C(=O)Nc2cccc(OC)c2)cc1. The maximum atomic E-state index is 12.0. The van der Waals surface area contributed by atoms with Crippen molar-refractivity contribution in [2.75, 3.05) is 26.1 Å². The number of amides is 3. The molecular weight excluding hydrogens is 400 g/mol. The third-order valence-corrected chi connectivity index (χ3v) is 4.19. The Morgan fingerprint density at radius 3 is 2.32 bits per heavy atom. The quantitative estimate of drug-likeness (QED) is 0.321. The van der Waals surface area contributed by atoms with Gasteiger partial charge in [-0.25, -0.2) is 5.43 Å². The predicted octanol–water partition coefficient (Wildman–Crippen LogP) is 1.88. The molecule has 3 amide bonds. The van der Waals surface area contributed by atoms with Crippen LogP contribution in [0.2, 0.25) is 0 Å². The third-order valence-electron chi connectivity index (χ3n) is 4.19. The number of methoxy groups -OCH3 is 2. The van der Waals surface area contributed by atoms with Crippen molar-refractivity contribution in [2.24, 2.45) is 5.10 Å². The molecule has 0 aliphatic heterocycles. The van der Waals surface area contributed by atoms with E-state index >= 15 is 0 Å². The first-order valence-electron chi connectivity index (χ1n) is 9.59. The van der Waals surface area contributed by atoms with Crippen molar-refractivity contribution in [1.82, 2.24) is 10.7 Å². The zero-order valence-corrected chi connectivity index (χ0v) is 17.7. The van der Waals surface area contributed by atoms with E-state index in [9.17, 15) is 14.4 Å². The standard InChI is InChI=1S/C22H26N4O5/c1-15(13-20(27)23-12-11-16-7-9-18(30-2)10-8-16)25-26-22(29)21(28)24-17-5-4-6-19(14-17)31-3/h4-10,14H,11-13H2,1-3H3,(H,23,27)(H,24,28)(H,26,29). The summed E-state index contributed by atoms with van der Waals surface area (Å²) in [5.74, 6) is -0.732. The molecule has 0 saturated heterocycles. The first-order chi connectivity index (χ1) is 14.9. The largest absolute Gasteiger partial charge is 0.497 e. The van der Waals surface area contributed by atoms with Gasteiger partial charge in [0, 0.05) is 24.0 Å². The number of carbonyl (C=O) groups is 3. The predicted molar refractivity (Wildman–Crippen MR) is 117 cm³/mol. The number of rotatable bonds is 9. The summed E-state index contributed by atoms with van der Waals surface area (Å²) in [5, 5.41) is 9.04. The van der Waals surface area contributed by atoms with Gasteiger partial charge in [-0.2, -0.15) is 5.10 Å². The maximum Gasteiger partial charge on any atom is 0.329 e. The first kappa shape index (κ1) is 23.4. The summed E-state index contributed by atoms with van der Waals surface area (Å²) in [5.41, 5.74) is 3.99. The number of hydrogen-bond donors (Lipinski definition) is 3. The Balaban J connectivity index is 1.72. The highest BCUT2D eigenvalue weighted by atomic mass is 16.5. The summed E-state index contributed by atoms with van der Waals surface area (Å²) in [6.07, 6.45) is 0.674. The van der Waals surface area contributed by atoms with Crippen LogP contribution in [0.5, 0.6) is 11.5 Å². The molecule has 0 atom stereocenters. The number of nitrogens with zero attached hydrogens (tertiary/aromatic N) is 1. The van der Waals surface area contributed by atoms with Crippen LogP contribution in [0.4, 0.5) is 5.69 Å². The monoisotopic (exact) mass is 426 g/mol. The Morgan fingerprint density at radius 1 is 0.935 bits per heavy atom. The van der Waals surface area contributed by atoms with E-state index in [1.54, 1.807) is 38.3 Å². The highest BCUT2D eigenvalue weighted by molar-refractivity contribution is 6.39. The molecule has 2 aromatic rings. The number of anilines is 1. The zero-order chi connectivity index (χ0) is 22.6. The second kappa shape index (κ2) is 12.0. The van der Waals surface area contributed by atoms with Crippen LogP contribution in [0.25, 0.3) is 0 Å². The third kappa shape index (κ3) is 8.17. The Bertz CT molecular complexity index is 941. The van der Waals surface area contributed by atoms with Gasteiger partial charge in [-0.15, -0.1) is 0 Å². The Morgan fingerprint density at radius 2 is 1.65 bits per heavy atom. The van der Waals surface area contributed by atoms with Crippen LogP contribution in [0, 0.1) is 0 Å². The molecule has 0 aliphatic rings. The van der Waals surface area contributed by atoms with Gasteiger partial charge in [0.05, 0.1) is 20.6 Å². The van der Waals surface area contributed by atoms with Crippen molar-refractivity contribution in [3.8, 4) is 11.5 Å². The van der Waals surface area contributed by atoms with E-state index in [0.717, 1.165) is 11.3 Å². The summed E-state index contributed by atoms with van der Waals surface area (Å²) in [6, 6.07) is 14.2. The first-order valence-corrected chi connectivity index (χ1v) is 9.59. The summed E-state index contributed by atoms with van der Waals surface area (Å²) in [6.45, 7) is 2.05. The molecule has 0 radical (unpaired) electrons. The van der Waals surface area contributed by atoms with Gasteiger partial charge in [0.25, 0.3) is 0 Å². The molecule has 0 saturated carbocycles. The van der Waals surface area contributed by atoms with Gasteiger partial charge < -0.3 is 20.1 Å². The van der Waals surface area contributed by atoms with E-state index in [-0.39, 0.29) is 12.3 Å². The second-order valence-electron chi connectivity index (χ2n) is 6.60. The molecule has 0 bridgehead atoms. The van der Waals surface area contributed by atoms with Gasteiger partial charge in [-0.3, -0.25) is 14.4 Å². The molecule has 0 heterocycles. The van der Waals surface area contributed by atoms with E-state index in [0.29, 0.717) is 30.1 Å². The van der Waals surface area contributed by atoms with Crippen molar-refractivity contribution in [3.63, 3.8) is 0 Å². The lowest BCUT2D eigenvalue weighted by atomic mass is 10.1. The van der Waals surface area contributed by atoms with E-state index in [2.05, 4.69) is 21.2 Å². The molecule has 0 fully saturated rings. The molecule has 2 rings (SSSR count). The van der Waals surface area contributed by atoms with Crippen LogP contribution in [-0.2, 0) is 20.8 Å². The molecular formula is C22H26N4O5. The average molecular weight is 426 g/mol. The van der Waals surface area contributed by atoms with Gasteiger partial charge in [-0.1, -0.05) is 18.2 Å². The minimum absolute atomic E-state index is 0.000393. The van der Waals surface area contributed by atoms with Crippen molar-refractivity contribution in [3.05, 3.63) is 54.1 Å². The Hall–Kier alpha value is -3.88. The lowest BCUT2D eigenvalue weighted by Crippen LogP contribution is -2.33. The fourth-order valence-electron chi connectivity index (χ4n) is 2.56. The van der Waals surface area contributed by atoms with Crippen molar-refractivity contribution >= 4 is 29.1 Å². The molecule has 31 heavy (non-hydrogen) atoms. The molecule has 3 N–H and O–H groups in total. The van der Waals surface area contributed by atoms with Crippen molar-refractivity contribution < 1.29 is 23.9 Å². The zero-order valence-electron chi connectivity index (χ0n) is 17.7. The van der Waals surface area contributed by atoms with Crippen molar-refractivity contribution in [2.45, 2.75) is 19.8 Å². The van der Waals surface area contributed by atoms with E-state index in [1.807, 2.05) is 24.3 Å². The average Bonchev–Trinajstić information content (AvgIpc) is 2.78. The smallest absolute Gasteiger partial charge is 0.329 e. The van der Waals surface area contributed by atoms with Crippen LogP contribution < -0.4 is 25.5 Å². The minimum atomic E-state index is -0.943. The molecule has 9 nitrogen and oxygen atoms in total. The summed E-state index contributed by atoms with van der Waals surface area (Å²) in [7, 11) is 3.11. The van der Waals surface area contributed by atoms with Gasteiger partial charge in [0.15, 0.2) is 0 Å². The number of ether oxygens (including phenoxy) is 2. The number of benzene rings is 2. The fraction of sp³-hybridized carbons (Fsp3) is 0.273. The highest BCUT2D eigenvalue weighted by Crippen LogP contribution is 2.16. The fourth-order valence-corrected chi connectivity index (χ4v) is 2.56. The van der Waals surface area contributed by atoms with Gasteiger partial charge in [0.2, 0.25) is 5.91 Å². The molecule has 9 heteroatoms. The van der Waals surface area contributed by atoms with Crippen LogP contribution in [0.1, 0.15) is 18.9 Å². The van der Waals surface area contributed by atoms with Gasteiger partial charge in [0.1, 0.15) is 11.5 Å². The van der Waals surface area contributed by atoms with E-state index in [4.69, 9.17) is 9.47 Å². The van der Waals surface area contributed by atoms with Gasteiger partial charge >= 0.3 is 11.8 Å². The topological polar surface area (TPSA) is 118 Å². The van der Waals surface area contributed by atoms with Crippen LogP contribution in [-0.4, -0.2) is 44.2 Å². The molecule has 0 spiro atoms. The highest BCUT2D eigenvalue weighted by Gasteiger charge is 2.14. The second-order valence-corrected chi connectivity index (χ2v) is 6.60. The van der Waals surface area contributed by atoms with Crippen LogP contribution in [0.3, 0.4) is 0 Å². The minimum Gasteiger partial charge on any atom is -0.497 e. The van der Waals surface area contributed by atoms with Crippen LogP contribution in [0.15, 0.2) is 53.6 Å². The van der Waals surface area contributed by atoms with Gasteiger partial charge in [-0.05, 0) is 43.2 Å². The lowest BCUT2D eigenvalue weighted by molar-refractivity contribution is -0.136. The summed E-state index contributed by atoms with van der Waals surface area (Å²) >= 11 is 0. The van der Waals surface area contributed by atoms with Crippen LogP contribution >= 0.6 is 0 Å². The number of carbonyl (C=O) groups excluding carboxylic acids is 3.